The Balaban J connectivity index is 1.74. The highest BCUT2D eigenvalue weighted by atomic mass is 19.4. The molecule has 3 aliphatic heterocycles. The molecule has 1 saturated carbocycles. The lowest BCUT2D eigenvalue weighted by Crippen LogP contribution is -2.58. The highest BCUT2D eigenvalue weighted by Gasteiger charge is 2.78. The standard InChI is InChI=1S/C13H16F3NO5/c14-13(15,16)8(18)17-7-10-5-11(6-10,9(19)20)12(22-10)1-3-21-4-2-12/h1-7H2,(H,17,18)(H,19,20). The van der Waals surface area contributed by atoms with Gasteiger partial charge >= 0.3 is 18.1 Å². The molecule has 3 saturated heterocycles. The van der Waals surface area contributed by atoms with Crippen LogP contribution in [-0.4, -0.2) is 54.1 Å². The molecule has 4 rings (SSSR count). The Labute approximate surface area is 123 Å². The molecule has 3 heterocycles. The Morgan fingerprint density at radius 1 is 1.18 bits per heavy atom. The van der Waals surface area contributed by atoms with Gasteiger partial charge in [-0.2, -0.15) is 13.2 Å². The minimum atomic E-state index is -4.96. The van der Waals surface area contributed by atoms with Crippen LogP contribution in [0.1, 0.15) is 25.7 Å². The maximum Gasteiger partial charge on any atom is 0.471 e. The second-order valence-electron chi connectivity index (χ2n) is 6.31. The fourth-order valence-electron chi connectivity index (χ4n) is 4.09. The lowest BCUT2D eigenvalue weighted by molar-refractivity contribution is -0.175. The van der Waals surface area contributed by atoms with Crippen LogP contribution < -0.4 is 5.32 Å². The minimum absolute atomic E-state index is 0.119. The fourth-order valence-corrected chi connectivity index (χ4v) is 4.09. The topological polar surface area (TPSA) is 84.9 Å². The predicted octanol–water partition coefficient (Wildman–Crippen LogP) is 0.848. The Morgan fingerprint density at radius 3 is 2.27 bits per heavy atom. The SMILES string of the molecule is O=C(NCC12CC(C(=O)O)(C1)C1(CCOCC1)O2)C(F)(F)F. The molecule has 6 nitrogen and oxygen atoms in total. The summed E-state index contributed by atoms with van der Waals surface area (Å²) in [7, 11) is 0. The number of ether oxygens (including phenoxy) is 2. The van der Waals surface area contributed by atoms with Crippen LogP contribution >= 0.6 is 0 Å². The summed E-state index contributed by atoms with van der Waals surface area (Å²) < 4.78 is 47.9. The van der Waals surface area contributed by atoms with Gasteiger partial charge in [0.2, 0.25) is 0 Å². The van der Waals surface area contributed by atoms with Crippen molar-refractivity contribution in [3.8, 4) is 0 Å². The highest BCUT2D eigenvalue weighted by Crippen LogP contribution is 2.69. The van der Waals surface area contributed by atoms with Gasteiger partial charge in [0.15, 0.2) is 0 Å². The van der Waals surface area contributed by atoms with Crippen molar-refractivity contribution in [2.24, 2.45) is 5.41 Å². The first-order chi connectivity index (χ1) is 10.1. The maximum atomic E-state index is 12.2. The predicted molar refractivity (Wildman–Crippen MR) is 65.0 cm³/mol. The van der Waals surface area contributed by atoms with Gasteiger partial charge in [0, 0.05) is 32.6 Å². The smallest absolute Gasteiger partial charge is 0.471 e. The molecular weight excluding hydrogens is 307 g/mol. The quantitative estimate of drug-likeness (QED) is 0.804. The molecule has 1 spiro atoms. The summed E-state index contributed by atoms with van der Waals surface area (Å²) in [4.78, 5) is 22.6. The molecular formula is C13H16F3NO5. The van der Waals surface area contributed by atoms with Gasteiger partial charge in [-0.1, -0.05) is 0 Å². The Kier molecular flexibility index (Phi) is 3.23. The zero-order valence-corrected chi connectivity index (χ0v) is 11.7. The molecule has 0 aromatic heterocycles. The second-order valence-corrected chi connectivity index (χ2v) is 6.31. The van der Waals surface area contributed by atoms with Crippen LogP contribution in [0, 0.1) is 5.41 Å². The summed E-state index contributed by atoms with van der Waals surface area (Å²) in [6, 6.07) is 0. The molecule has 9 heteroatoms. The molecule has 2 bridgehead atoms. The van der Waals surface area contributed by atoms with Gasteiger partial charge in [0.05, 0.1) is 11.2 Å². The maximum absolute atomic E-state index is 12.2. The van der Waals surface area contributed by atoms with Gasteiger partial charge < -0.3 is 19.9 Å². The molecule has 0 aromatic rings. The number of halogens is 3. The summed E-state index contributed by atoms with van der Waals surface area (Å²) in [5.74, 6) is -3.03. The van der Waals surface area contributed by atoms with E-state index in [0.29, 0.717) is 26.1 Å². The van der Waals surface area contributed by atoms with Crippen molar-refractivity contribution in [3.63, 3.8) is 0 Å². The van der Waals surface area contributed by atoms with E-state index in [2.05, 4.69) is 0 Å². The summed E-state index contributed by atoms with van der Waals surface area (Å²) in [6.45, 7) is 0.392. The summed E-state index contributed by atoms with van der Waals surface area (Å²) in [6.07, 6.45) is -3.93. The third-order valence-electron chi connectivity index (χ3n) is 5.07. The first-order valence-electron chi connectivity index (χ1n) is 7.01. The molecule has 0 unspecified atom stereocenters. The van der Waals surface area contributed by atoms with E-state index in [0.717, 1.165) is 0 Å². The summed E-state index contributed by atoms with van der Waals surface area (Å²) in [5.41, 5.74) is -3.00. The van der Waals surface area contributed by atoms with Crippen LogP contribution in [0.4, 0.5) is 13.2 Å². The van der Waals surface area contributed by atoms with Crippen LogP contribution in [0.3, 0.4) is 0 Å². The van der Waals surface area contributed by atoms with Crippen LogP contribution in [0.5, 0.6) is 0 Å². The van der Waals surface area contributed by atoms with Crippen LogP contribution in [0.2, 0.25) is 0 Å². The molecule has 1 amide bonds. The third kappa shape index (κ3) is 2.02. The average Bonchev–Trinajstić information content (AvgIpc) is 2.80. The summed E-state index contributed by atoms with van der Waals surface area (Å²) >= 11 is 0. The highest BCUT2D eigenvalue weighted by molar-refractivity contribution is 5.82. The molecule has 0 radical (unpaired) electrons. The van der Waals surface area contributed by atoms with Crippen molar-refractivity contribution in [2.45, 2.75) is 43.1 Å². The van der Waals surface area contributed by atoms with E-state index in [-0.39, 0.29) is 19.4 Å². The van der Waals surface area contributed by atoms with Gasteiger partial charge in [0.25, 0.3) is 0 Å². The van der Waals surface area contributed by atoms with E-state index in [1.807, 2.05) is 5.32 Å². The Hall–Kier alpha value is -1.35. The van der Waals surface area contributed by atoms with E-state index < -0.39 is 34.7 Å². The van der Waals surface area contributed by atoms with Gasteiger partial charge in [-0.05, 0) is 12.8 Å². The number of rotatable bonds is 3. The molecule has 4 fully saturated rings. The van der Waals surface area contributed by atoms with Crippen LogP contribution in [0.15, 0.2) is 0 Å². The molecule has 22 heavy (non-hydrogen) atoms. The zero-order chi connectivity index (χ0) is 16.2. The van der Waals surface area contributed by atoms with E-state index in [1.165, 1.54) is 0 Å². The van der Waals surface area contributed by atoms with Crippen LogP contribution in [0.25, 0.3) is 0 Å². The lowest BCUT2D eigenvalue weighted by atomic mass is 9.54. The number of amides is 1. The van der Waals surface area contributed by atoms with E-state index in [4.69, 9.17) is 9.47 Å². The number of carbonyl (C=O) groups is 2. The molecule has 1 aliphatic carbocycles. The van der Waals surface area contributed by atoms with Crippen molar-refractivity contribution in [1.82, 2.24) is 5.32 Å². The van der Waals surface area contributed by atoms with E-state index in [9.17, 15) is 27.9 Å². The van der Waals surface area contributed by atoms with Gasteiger partial charge in [0.1, 0.15) is 5.41 Å². The molecule has 124 valence electrons. The number of alkyl halides is 3. The monoisotopic (exact) mass is 323 g/mol. The largest absolute Gasteiger partial charge is 0.481 e. The number of carboxylic acid groups (broad SMARTS) is 1. The first kappa shape index (κ1) is 15.5. The number of carboxylic acids is 1. The van der Waals surface area contributed by atoms with Crippen molar-refractivity contribution < 1.29 is 37.3 Å². The number of hydrogen-bond acceptors (Lipinski definition) is 4. The molecule has 0 atom stereocenters. The second kappa shape index (κ2) is 4.58. The molecule has 2 N–H and O–H groups in total. The van der Waals surface area contributed by atoms with Crippen LogP contribution in [-0.2, 0) is 19.1 Å². The number of nitrogens with one attached hydrogen (secondary N) is 1. The molecule has 0 aromatic carbocycles. The van der Waals surface area contributed by atoms with E-state index >= 15 is 0 Å². The normalized spacial score (nSPS) is 36.0. The lowest BCUT2D eigenvalue weighted by Gasteiger charge is -2.45. The van der Waals surface area contributed by atoms with Crippen molar-refractivity contribution >= 4 is 11.9 Å². The van der Waals surface area contributed by atoms with Crippen molar-refractivity contribution in [3.05, 3.63) is 0 Å². The van der Waals surface area contributed by atoms with E-state index in [1.54, 1.807) is 0 Å². The minimum Gasteiger partial charge on any atom is -0.481 e. The number of hydrogen-bond donors (Lipinski definition) is 2. The van der Waals surface area contributed by atoms with Gasteiger partial charge in [-0.15, -0.1) is 0 Å². The first-order valence-corrected chi connectivity index (χ1v) is 7.01. The Bertz CT molecular complexity index is 506. The fraction of sp³-hybridized carbons (Fsp3) is 0.846. The molecule has 4 aliphatic rings. The van der Waals surface area contributed by atoms with Crippen molar-refractivity contribution in [1.29, 1.82) is 0 Å². The van der Waals surface area contributed by atoms with Gasteiger partial charge in [-0.3, -0.25) is 9.59 Å². The average molecular weight is 323 g/mol. The summed E-state index contributed by atoms with van der Waals surface area (Å²) in [5, 5.41) is 11.4. The Morgan fingerprint density at radius 2 is 1.77 bits per heavy atom. The zero-order valence-electron chi connectivity index (χ0n) is 11.7. The number of aliphatic carboxylic acids is 1. The third-order valence-corrected chi connectivity index (χ3v) is 5.07. The van der Waals surface area contributed by atoms with Gasteiger partial charge in [-0.25, -0.2) is 0 Å². The van der Waals surface area contributed by atoms with Crippen molar-refractivity contribution in [2.75, 3.05) is 19.8 Å². The number of carbonyl (C=O) groups excluding carboxylic acids is 1.